The first kappa shape index (κ1) is 20.3. The number of anilines is 2. The van der Waals surface area contributed by atoms with E-state index in [0.29, 0.717) is 29.5 Å². The lowest BCUT2D eigenvalue weighted by molar-refractivity contribution is -0.120. The molecule has 2 amide bonds. The minimum Gasteiger partial charge on any atom is -0.494 e. The fourth-order valence-electron chi connectivity index (χ4n) is 2.53. The van der Waals surface area contributed by atoms with Crippen LogP contribution in [0.5, 0.6) is 11.5 Å². The number of benzene rings is 2. The SMILES string of the molecule is CCOc1ccc(N(CC(=O)Nc2ccccc2OC(C)C)C(C)=O)cc1. The molecule has 0 fully saturated rings. The summed E-state index contributed by atoms with van der Waals surface area (Å²) < 4.78 is 11.1. The minimum atomic E-state index is -0.307. The molecule has 27 heavy (non-hydrogen) atoms. The van der Waals surface area contributed by atoms with Crippen molar-refractivity contribution in [1.82, 2.24) is 0 Å². The minimum absolute atomic E-state index is 0.0133. The van der Waals surface area contributed by atoms with Crippen LogP contribution in [0.25, 0.3) is 0 Å². The first-order valence-corrected chi connectivity index (χ1v) is 8.97. The molecule has 0 aromatic heterocycles. The summed E-state index contributed by atoms with van der Waals surface area (Å²) >= 11 is 0. The number of nitrogens with zero attached hydrogens (tertiary/aromatic N) is 1. The summed E-state index contributed by atoms with van der Waals surface area (Å²) in [6.07, 6.45) is -0.0133. The van der Waals surface area contributed by atoms with Gasteiger partial charge in [0.1, 0.15) is 18.0 Å². The smallest absolute Gasteiger partial charge is 0.244 e. The Morgan fingerprint density at radius 2 is 1.74 bits per heavy atom. The van der Waals surface area contributed by atoms with Crippen molar-refractivity contribution in [3.05, 3.63) is 48.5 Å². The molecular formula is C21H26N2O4. The molecule has 0 atom stereocenters. The Kier molecular flexibility index (Phi) is 7.23. The van der Waals surface area contributed by atoms with Gasteiger partial charge in [-0.2, -0.15) is 0 Å². The van der Waals surface area contributed by atoms with Gasteiger partial charge in [-0.3, -0.25) is 9.59 Å². The summed E-state index contributed by atoms with van der Waals surface area (Å²) in [6.45, 7) is 7.64. The number of para-hydroxylation sites is 2. The van der Waals surface area contributed by atoms with Crippen LogP contribution in [0.15, 0.2) is 48.5 Å². The molecular weight excluding hydrogens is 344 g/mol. The lowest BCUT2D eigenvalue weighted by Gasteiger charge is -2.21. The van der Waals surface area contributed by atoms with E-state index in [4.69, 9.17) is 9.47 Å². The lowest BCUT2D eigenvalue weighted by atomic mass is 10.2. The Labute approximate surface area is 160 Å². The topological polar surface area (TPSA) is 67.9 Å². The molecule has 0 radical (unpaired) electrons. The summed E-state index contributed by atoms with van der Waals surface area (Å²) in [6, 6.07) is 14.3. The number of nitrogens with one attached hydrogen (secondary N) is 1. The monoisotopic (exact) mass is 370 g/mol. The van der Waals surface area contributed by atoms with Crippen molar-refractivity contribution in [2.45, 2.75) is 33.8 Å². The van der Waals surface area contributed by atoms with E-state index >= 15 is 0 Å². The maximum Gasteiger partial charge on any atom is 0.244 e. The highest BCUT2D eigenvalue weighted by Crippen LogP contribution is 2.25. The molecule has 2 aromatic carbocycles. The average Bonchev–Trinajstić information content (AvgIpc) is 2.62. The molecule has 0 heterocycles. The fourth-order valence-corrected chi connectivity index (χ4v) is 2.53. The molecule has 6 nitrogen and oxygen atoms in total. The molecule has 0 spiro atoms. The Bertz CT molecular complexity index is 772. The highest BCUT2D eigenvalue weighted by Gasteiger charge is 2.17. The Balaban J connectivity index is 2.10. The molecule has 0 aliphatic rings. The van der Waals surface area contributed by atoms with Crippen molar-refractivity contribution in [1.29, 1.82) is 0 Å². The summed E-state index contributed by atoms with van der Waals surface area (Å²) in [7, 11) is 0. The van der Waals surface area contributed by atoms with Gasteiger partial charge in [-0.1, -0.05) is 12.1 Å². The molecule has 2 aromatic rings. The third-order valence-corrected chi connectivity index (χ3v) is 3.67. The zero-order valence-corrected chi connectivity index (χ0v) is 16.2. The molecule has 144 valence electrons. The molecule has 0 aliphatic carbocycles. The van der Waals surface area contributed by atoms with Gasteiger partial charge in [0, 0.05) is 12.6 Å². The Morgan fingerprint density at radius 1 is 1.07 bits per heavy atom. The van der Waals surface area contributed by atoms with Crippen molar-refractivity contribution in [2.75, 3.05) is 23.4 Å². The van der Waals surface area contributed by atoms with E-state index in [-0.39, 0.29) is 24.5 Å². The van der Waals surface area contributed by atoms with Gasteiger partial charge in [-0.25, -0.2) is 0 Å². The quantitative estimate of drug-likeness (QED) is 0.766. The van der Waals surface area contributed by atoms with Crippen molar-refractivity contribution in [3.63, 3.8) is 0 Å². The van der Waals surface area contributed by atoms with Gasteiger partial charge in [-0.05, 0) is 57.2 Å². The molecule has 0 saturated carbocycles. The first-order valence-electron chi connectivity index (χ1n) is 8.97. The number of hydrogen-bond donors (Lipinski definition) is 1. The van der Waals surface area contributed by atoms with Crippen molar-refractivity contribution in [3.8, 4) is 11.5 Å². The van der Waals surface area contributed by atoms with Crippen LogP contribution in [0.1, 0.15) is 27.7 Å². The zero-order valence-electron chi connectivity index (χ0n) is 16.2. The predicted molar refractivity (Wildman–Crippen MR) is 106 cm³/mol. The van der Waals surface area contributed by atoms with E-state index in [2.05, 4.69) is 5.32 Å². The van der Waals surface area contributed by atoms with Gasteiger partial charge >= 0.3 is 0 Å². The largest absolute Gasteiger partial charge is 0.494 e. The summed E-state index contributed by atoms with van der Waals surface area (Å²) in [5, 5.41) is 2.82. The Morgan fingerprint density at radius 3 is 2.33 bits per heavy atom. The van der Waals surface area contributed by atoms with Crippen molar-refractivity contribution < 1.29 is 19.1 Å². The zero-order chi connectivity index (χ0) is 19.8. The van der Waals surface area contributed by atoms with Crippen LogP contribution in [0, 0.1) is 0 Å². The second-order valence-electron chi connectivity index (χ2n) is 6.24. The fraction of sp³-hybridized carbons (Fsp3) is 0.333. The van der Waals surface area contributed by atoms with Crippen molar-refractivity contribution in [2.24, 2.45) is 0 Å². The van der Waals surface area contributed by atoms with E-state index < -0.39 is 0 Å². The van der Waals surface area contributed by atoms with Crippen molar-refractivity contribution >= 4 is 23.2 Å². The molecule has 0 unspecified atom stereocenters. The third kappa shape index (κ3) is 6.02. The molecule has 1 N–H and O–H groups in total. The maximum absolute atomic E-state index is 12.5. The van der Waals surface area contributed by atoms with Crippen LogP contribution in [-0.2, 0) is 9.59 Å². The summed E-state index contributed by atoms with van der Waals surface area (Å²) in [5.74, 6) is 0.783. The van der Waals surface area contributed by atoms with E-state index in [0.717, 1.165) is 0 Å². The number of carbonyl (C=O) groups excluding carboxylic acids is 2. The summed E-state index contributed by atoms with van der Waals surface area (Å²) in [4.78, 5) is 26.0. The van der Waals surface area contributed by atoms with E-state index in [9.17, 15) is 9.59 Å². The van der Waals surface area contributed by atoms with Gasteiger partial charge in [0.25, 0.3) is 0 Å². The standard InChI is InChI=1S/C21H26N2O4/c1-5-26-18-12-10-17(11-13-18)23(16(4)24)14-21(25)22-19-8-6-7-9-20(19)27-15(2)3/h6-13,15H,5,14H2,1-4H3,(H,22,25). The third-order valence-electron chi connectivity index (χ3n) is 3.67. The molecule has 0 bridgehead atoms. The van der Waals surface area contributed by atoms with E-state index in [1.165, 1.54) is 11.8 Å². The van der Waals surface area contributed by atoms with Crippen LogP contribution < -0.4 is 19.7 Å². The van der Waals surface area contributed by atoms with Crippen LogP contribution >= 0.6 is 0 Å². The van der Waals surface area contributed by atoms with Crippen LogP contribution in [0.3, 0.4) is 0 Å². The predicted octanol–water partition coefficient (Wildman–Crippen LogP) is 3.86. The van der Waals surface area contributed by atoms with Gasteiger partial charge in [0.2, 0.25) is 11.8 Å². The number of hydrogen-bond acceptors (Lipinski definition) is 4. The van der Waals surface area contributed by atoms with Crippen LogP contribution in [-0.4, -0.2) is 31.1 Å². The van der Waals surface area contributed by atoms with Gasteiger partial charge in [-0.15, -0.1) is 0 Å². The number of ether oxygens (including phenoxy) is 2. The normalized spacial score (nSPS) is 10.4. The van der Waals surface area contributed by atoms with Gasteiger partial charge in [0.05, 0.1) is 18.4 Å². The van der Waals surface area contributed by atoms with Gasteiger partial charge in [0.15, 0.2) is 0 Å². The molecule has 6 heteroatoms. The number of amides is 2. The number of carbonyl (C=O) groups is 2. The average molecular weight is 370 g/mol. The van der Waals surface area contributed by atoms with E-state index in [1.54, 1.807) is 36.4 Å². The summed E-state index contributed by atoms with van der Waals surface area (Å²) in [5.41, 5.74) is 1.21. The highest BCUT2D eigenvalue weighted by atomic mass is 16.5. The molecule has 0 aliphatic heterocycles. The second-order valence-corrected chi connectivity index (χ2v) is 6.24. The van der Waals surface area contributed by atoms with Crippen LogP contribution in [0.4, 0.5) is 11.4 Å². The Hall–Kier alpha value is -3.02. The van der Waals surface area contributed by atoms with Gasteiger partial charge < -0.3 is 19.7 Å². The molecule has 0 saturated heterocycles. The lowest BCUT2D eigenvalue weighted by Crippen LogP contribution is -2.36. The maximum atomic E-state index is 12.5. The first-order chi connectivity index (χ1) is 12.9. The van der Waals surface area contributed by atoms with E-state index in [1.807, 2.05) is 32.9 Å². The highest BCUT2D eigenvalue weighted by molar-refractivity contribution is 6.02. The second kappa shape index (κ2) is 9.62. The molecule has 2 rings (SSSR count). The van der Waals surface area contributed by atoms with Crippen LogP contribution in [0.2, 0.25) is 0 Å². The number of rotatable bonds is 8.